The van der Waals surface area contributed by atoms with E-state index in [2.05, 4.69) is 59.1 Å². The first-order valence-electron chi connectivity index (χ1n) is 6.56. The van der Waals surface area contributed by atoms with Crippen molar-refractivity contribution in [1.29, 1.82) is 0 Å². The molecule has 0 aliphatic rings. The monoisotopic (exact) mass is 414 g/mol. The molecule has 1 N–H and O–H groups in total. The number of rotatable bonds is 6. The molecule has 0 saturated carbocycles. The van der Waals surface area contributed by atoms with Crippen LogP contribution in [0.5, 0.6) is 0 Å². The van der Waals surface area contributed by atoms with Crippen molar-refractivity contribution in [2.45, 2.75) is 20.0 Å². The Hall–Kier alpha value is -1.05. The summed E-state index contributed by atoms with van der Waals surface area (Å²) >= 11 is 6.91. The van der Waals surface area contributed by atoms with Gasteiger partial charge in [0.15, 0.2) is 5.82 Å². The molecular formula is C14H16Br2N4O. The lowest BCUT2D eigenvalue weighted by Crippen LogP contribution is -2.08. The van der Waals surface area contributed by atoms with Crippen LogP contribution >= 0.6 is 31.9 Å². The fourth-order valence-corrected chi connectivity index (χ4v) is 2.38. The summed E-state index contributed by atoms with van der Waals surface area (Å²) in [5.74, 6) is 1.34. The number of nitrogens with zero attached hydrogens (tertiary/aromatic N) is 3. The maximum Gasteiger partial charge on any atom is 0.180 e. The second-order valence-electron chi connectivity index (χ2n) is 4.38. The zero-order chi connectivity index (χ0) is 15.2. The second kappa shape index (κ2) is 7.82. The summed E-state index contributed by atoms with van der Waals surface area (Å²) in [6, 6.07) is 3.80. The minimum Gasteiger partial charge on any atom is -0.378 e. The SMILES string of the molecule is CCCNc1nc(-c2ccc(Br)cn2)nc(COC)c1Br. The number of anilines is 1. The van der Waals surface area contributed by atoms with E-state index in [0.29, 0.717) is 12.4 Å². The van der Waals surface area contributed by atoms with Crippen LogP contribution in [0.25, 0.3) is 11.5 Å². The standard InChI is InChI=1S/C14H16Br2N4O/c1-3-6-17-14-12(16)11(8-21-2)19-13(20-14)10-5-4-9(15)7-18-10/h4-5,7H,3,6,8H2,1-2H3,(H,17,19,20). The number of hydrogen-bond acceptors (Lipinski definition) is 5. The summed E-state index contributed by atoms with van der Waals surface area (Å²) in [7, 11) is 1.64. The maximum atomic E-state index is 5.20. The third-order valence-corrected chi connectivity index (χ3v) is 4.00. The van der Waals surface area contributed by atoms with Gasteiger partial charge in [-0.15, -0.1) is 0 Å². The lowest BCUT2D eigenvalue weighted by atomic mass is 10.3. The maximum absolute atomic E-state index is 5.20. The van der Waals surface area contributed by atoms with Crippen LogP contribution in [0.2, 0.25) is 0 Å². The van der Waals surface area contributed by atoms with Gasteiger partial charge < -0.3 is 10.1 Å². The molecule has 112 valence electrons. The summed E-state index contributed by atoms with van der Waals surface area (Å²) in [4.78, 5) is 13.4. The van der Waals surface area contributed by atoms with E-state index in [0.717, 1.165) is 39.1 Å². The van der Waals surface area contributed by atoms with Crippen molar-refractivity contribution in [1.82, 2.24) is 15.0 Å². The number of methoxy groups -OCH3 is 1. The van der Waals surface area contributed by atoms with Crippen molar-refractivity contribution in [3.63, 3.8) is 0 Å². The Kier molecular flexibility index (Phi) is 6.08. The third-order valence-electron chi connectivity index (χ3n) is 2.70. The van der Waals surface area contributed by atoms with Gasteiger partial charge in [0, 0.05) is 24.3 Å². The van der Waals surface area contributed by atoms with Crippen LogP contribution in [0.4, 0.5) is 5.82 Å². The van der Waals surface area contributed by atoms with E-state index < -0.39 is 0 Å². The average Bonchev–Trinajstić information content (AvgIpc) is 2.49. The first-order valence-corrected chi connectivity index (χ1v) is 8.15. The molecule has 2 aromatic rings. The van der Waals surface area contributed by atoms with Crippen LogP contribution in [-0.2, 0) is 11.3 Å². The quantitative estimate of drug-likeness (QED) is 0.771. The number of aromatic nitrogens is 3. The first-order chi connectivity index (χ1) is 10.2. The highest BCUT2D eigenvalue weighted by Gasteiger charge is 2.14. The highest BCUT2D eigenvalue weighted by molar-refractivity contribution is 9.10. The van der Waals surface area contributed by atoms with E-state index in [9.17, 15) is 0 Å². The van der Waals surface area contributed by atoms with Gasteiger partial charge in [-0.2, -0.15) is 0 Å². The molecule has 2 rings (SSSR count). The summed E-state index contributed by atoms with van der Waals surface area (Å²) < 4.78 is 6.96. The van der Waals surface area contributed by atoms with Crippen LogP contribution in [0.3, 0.4) is 0 Å². The molecule has 0 unspecified atom stereocenters. The molecule has 0 aromatic carbocycles. The average molecular weight is 416 g/mol. The molecule has 0 spiro atoms. The molecule has 0 aliphatic carbocycles. The molecule has 7 heteroatoms. The lowest BCUT2D eigenvalue weighted by Gasteiger charge is -2.12. The molecule has 0 bridgehead atoms. The van der Waals surface area contributed by atoms with E-state index in [4.69, 9.17) is 4.74 Å². The minimum absolute atomic E-state index is 0.410. The number of ether oxygens (including phenoxy) is 1. The number of hydrogen-bond donors (Lipinski definition) is 1. The molecule has 0 aliphatic heterocycles. The Morgan fingerprint density at radius 3 is 2.67 bits per heavy atom. The van der Waals surface area contributed by atoms with Crippen molar-refractivity contribution in [2.75, 3.05) is 19.0 Å². The van der Waals surface area contributed by atoms with Crippen molar-refractivity contribution < 1.29 is 4.74 Å². The number of halogens is 2. The normalized spacial score (nSPS) is 10.7. The lowest BCUT2D eigenvalue weighted by molar-refractivity contribution is 0.181. The van der Waals surface area contributed by atoms with Crippen LogP contribution < -0.4 is 5.32 Å². The van der Waals surface area contributed by atoms with Crippen LogP contribution in [0, 0.1) is 0 Å². The third kappa shape index (κ3) is 4.21. The van der Waals surface area contributed by atoms with Crippen molar-refractivity contribution in [3.05, 3.63) is 33.0 Å². The van der Waals surface area contributed by atoms with Gasteiger partial charge in [-0.3, -0.25) is 4.98 Å². The summed E-state index contributed by atoms with van der Waals surface area (Å²) in [6.07, 6.45) is 2.75. The second-order valence-corrected chi connectivity index (χ2v) is 6.09. The molecule has 0 fully saturated rings. The molecule has 2 heterocycles. The van der Waals surface area contributed by atoms with E-state index >= 15 is 0 Å². The topological polar surface area (TPSA) is 59.9 Å². The van der Waals surface area contributed by atoms with E-state index in [1.165, 1.54) is 0 Å². The molecule has 0 atom stereocenters. The Morgan fingerprint density at radius 1 is 1.24 bits per heavy atom. The Bertz CT molecular complexity index is 605. The summed E-state index contributed by atoms with van der Waals surface area (Å²) in [6.45, 7) is 3.36. The summed E-state index contributed by atoms with van der Waals surface area (Å²) in [5, 5.41) is 3.29. The molecule has 5 nitrogen and oxygen atoms in total. The highest BCUT2D eigenvalue weighted by Crippen LogP contribution is 2.27. The van der Waals surface area contributed by atoms with E-state index in [1.54, 1.807) is 13.3 Å². The van der Waals surface area contributed by atoms with Gasteiger partial charge in [-0.25, -0.2) is 9.97 Å². The van der Waals surface area contributed by atoms with Gasteiger partial charge in [0.1, 0.15) is 11.5 Å². The van der Waals surface area contributed by atoms with Crippen LogP contribution in [0.1, 0.15) is 19.0 Å². The van der Waals surface area contributed by atoms with Gasteiger partial charge in [-0.05, 0) is 50.4 Å². The predicted molar refractivity (Wildman–Crippen MR) is 90.2 cm³/mol. The largest absolute Gasteiger partial charge is 0.378 e. The fraction of sp³-hybridized carbons (Fsp3) is 0.357. The minimum atomic E-state index is 0.410. The van der Waals surface area contributed by atoms with Crippen molar-refractivity contribution in [3.8, 4) is 11.5 Å². The van der Waals surface area contributed by atoms with Crippen LogP contribution in [-0.4, -0.2) is 28.6 Å². The van der Waals surface area contributed by atoms with E-state index in [1.807, 2.05) is 12.1 Å². The molecule has 0 amide bonds. The van der Waals surface area contributed by atoms with Crippen molar-refractivity contribution >= 4 is 37.7 Å². The number of nitrogens with one attached hydrogen (secondary N) is 1. The molecule has 2 aromatic heterocycles. The smallest absolute Gasteiger partial charge is 0.180 e. The highest BCUT2D eigenvalue weighted by atomic mass is 79.9. The van der Waals surface area contributed by atoms with Gasteiger partial charge >= 0.3 is 0 Å². The zero-order valence-electron chi connectivity index (χ0n) is 11.9. The van der Waals surface area contributed by atoms with Gasteiger partial charge in [0.2, 0.25) is 0 Å². The van der Waals surface area contributed by atoms with Gasteiger partial charge in [0.25, 0.3) is 0 Å². The first kappa shape index (κ1) is 16.3. The fourth-order valence-electron chi connectivity index (χ4n) is 1.71. The molecular weight excluding hydrogens is 400 g/mol. The Morgan fingerprint density at radius 2 is 2.05 bits per heavy atom. The van der Waals surface area contributed by atoms with Crippen molar-refractivity contribution in [2.24, 2.45) is 0 Å². The Balaban J connectivity index is 2.44. The molecule has 0 saturated heterocycles. The molecule has 21 heavy (non-hydrogen) atoms. The van der Waals surface area contributed by atoms with Gasteiger partial charge in [-0.1, -0.05) is 6.92 Å². The zero-order valence-corrected chi connectivity index (χ0v) is 15.0. The number of pyridine rings is 1. The predicted octanol–water partition coefficient (Wildman–Crippen LogP) is 4.03. The van der Waals surface area contributed by atoms with E-state index in [-0.39, 0.29) is 0 Å². The molecule has 0 radical (unpaired) electrons. The Labute approximate surface area is 140 Å². The summed E-state index contributed by atoms with van der Waals surface area (Å²) in [5.41, 5.74) is 1.52. The van der Waals surface area contributed by atoms with Crippen LogP contribution in [0.15, 0.2) is 27.3 Å². The van der Waals surface area contributed by atoms with Gasteiger partial charge in [0.05, 0.1) is 16.8 Å².